The lowest BCUT2D eigenvalue weighted by Crippen LogP contribution is -2.61. The average Bonchev–Trinajstić information content (AvgIpc) is 3.22. The number of carbonyl (C=O) groups is 1. The van der Waals surface area contributed by atoms with E-state index in [4.69, 9.17) is 4.74 Å². The number of rotatable bonds is 5. The van der Waals surface area contributed by atoms with E-state index in [2.05, 4.69) is 11.6 Å². The molecule has 0 bridgehead atoms. The Balaban J connectivity index is 1.71. The summed E-state index contributed by atoms with van der Waals surface area (Å²) in [5.41, 5.74) is -0.301. The number of aromatic hydroxyl groups is 1. The predicted octanol–water partition coefficient (Wildman–Crippen LogP) is 0.519. The molecule has 2 aromatic rings. The standard InChI is InChI=1S/C27H32FN5O4/c1-6-22(35)31-11-16(3)32(12-15(31)2)26-19-10-18(23-20(28)8-7-9-21(23)34)25-24(19)33(27(36)29-26)17(14-37-25)13-30(4)5/h6-10,15-18,34H,1,11-14H2,2-5H3/t15-,16+,17-,18?/m1/s1. The molecule has 1 aromatic carbocycles. The summed E-state index contributed by atoms with van der Waals surface area (Å²) in [6.45, 7) is 9.23. The van der Waals surface area contributed by atoms with E-state index in [0.29, 0.717) is 41.8 Å². The van der Waals surface area contributed by atoms with Crippen LogP contribution in [-0.4, -0.2) is 82.8 Å². The minimum atomic E-state index is -0.707. The van der Waals surface area contributed by atoms with E-state index < -0.39 is 17.4 Å². The van der Waals surface area contributed by atoms with Gasteiger partial charge in [0.05, 0.1) is 17.3 Å². The number of likely N-dealkylation sites (N-methyl/N-ethyl adjacent to an activating group) is 1. The molecule has 1 aromatic heterocycles. The van der Waals surface area contributed by atoms with Crippen LogP contribution in [0.2, 0.25) is 0 Å². The third-order valence-electron chi connectivity index (χ3n) is 7.42. The van der Waals surface area contributed by atoms with Gasteiger partial charge in [-0.1, -0.05) is 18.7 Å². The van der Waals surface area contributed by atoms with Gasteiger partial charge >= 0.3 is 5.69 Å². The molecule has 3 aliphatic rings. The van der Waals surface area contributed by atoms with E-state index >= 15 is 4.39 Å². The number of aromatic nitrogens is 2. The van der Waals surface area contributed by atoms with Gasteiger partial charge in [0, 0.05) is 42.5 Å². The average molecular weight is 510 g/mol. The minimum absolute atomic E-state index is 0.104. The molecule has 1 fully saturated rings. The van der Waals surface area contributed by atoms with Crippen molar-refractivity contribution in [2.75, 3.05) is 45.2 Å². The van der Waals surface area contributed by atoms with Crippen LogP contribution in [0.3, 0.4) is 0 Å². The van der Waals surface area contributed by atoms with Gasteiger partial charge in [-0.05, 0) is 46.2 Å². The molecule has 0 radical (unpaired) electrons. The predicted molar refractivity (Wildman–Crippen MR) is 138 cm³/mol. The Morgan fingerprint density at radius 1 is 1.30 bits per heavy atom. The van der Waals surface area contributed by atoms with Crippen LogP contribution < -0.4 is 21.2 Å². The van der Waals surface area contributed by atoms with Crippen molar-refractivity contribution >= 4 is 23.6 Å². The van der Waals surface area contributed by atoms with Gasteiger partial charge in [0.25, 0.3) is 0 Å². The van der Waals surface area contributed by atoms with Crippen molar-refractivity contribution in [3.63, 3.8) is 0 Å². The lowest BCUT2D eigenvalue weighted by atomic mass is 9.96. The van der Waals surface area contributed by atoms with Crippen LogP contribution in [0, 0.1) is 5.82 Å². The third kappa shape index (κ3) is 4.09. The Bertz CT molecular complexity index is 1430. The molecule has 0 saturated carbocycles. The summed E-state index contributed by atoms with van der Waals surface area (Å²) in [6.07, 6.45) is 3.14. The van der Waals surface area contributed by atoms with E-state index in [0.717, 1.165) is 0 Å². The second-order valence-electron chi connectivity index (χ2n) is 10.3. The summed E-state index contributed by atoms with van der Waals surface area (Å²) in [5, 5.41) is 11.8. The first-order chi connectivity index (χ1) is 17.6. The van der Waals surface area contributed by atoms with Crippen LogP contribution in [0.4, 0.5) is 10.2 Å². The van der Waals surface area contributed by atoms with Gasteiger partial charge in [-0.3, -0.25) is 9.36 Å². The maximum absolute atomic E-state index is 15.0. The molecule has 1 aliphatic carbocycles. The molecular formula is C27H32FN5O4. The van der Waals surface area contributed by atoms with E-state index in [-0.39, 0.29) is 42.0 Å². The van der Waals surface area contributed by atoms with E-state index in [1.165, 1.54) is 24.3 Å². The molecule has 5 rings (SSSR count). The molecule has 0 spiro atoms. The SMILES string of the molecule is C=CC(=O)N1C[C@H](C)N(c2nc(=O)n3c4c2=CC(c2c(O)cccc2F)C=4OC[C@H]3CN(C)C)C[C@H]1C. The number of phenols is 1. The Kier molecular flexibility index (Phi) is 6.31. The topological polar surface area (TPSA) is 91.1 Å². The number of piperazine rings is 1. The number of hydrogen-bond acceptors (Lipinski definition) is 7. The van der Waals surface area contributed by atoms with Crippen LogP contribution in [-0.2, 0) is 9.53 Å². The summed E-state index contributed by atoms with van der Waals surface area (Å²) >= 11 is 0. The smallest absolute Gasteiger partial charge is 0.350 e. The quantitative estimate of drug-likeness (QED) is 0.588. The van der Waals surface area contributed by atoms with Gasteiger partial charge in [-0.15, -0.1) is 0 Å². The molecule has 1 N–H and O–H groups in total. The molecule has 9 nitrogen and oxygen atoms in total. The monoisotopic (exact) mass is 509 g/mol. The second kappa shape index (κ2) is 9.33. The highest BCUT2D eigenvalue weighted by Gasteiger charge is 2.38. The summed E-state index contributed by atoms with van der Waals surface area (Å²) in [4.78, 5) is 36.2. The number of halogens is 1. The van der Waals surface area contributed by atoms with Crippen molar-refractivity contribution in [2.45, 2.75) is 37.9 Å². The fourth-order valence-corrected chi connectivity index (χ4v) is 5.76. The molecule has 10 heteroatoms. The normalized spacial score (nSPS) is 24.5. The Labute approximate surface area is 214 Å². The zero-order valence-electron chi connectivity index (χ0n) is 21.5. The Morgan fingerprint density at radius 3 is 2.73 bits per heavy atom. The molecule has 1 amide bonds. The van der Waals surface area contributed by atoms with Crippen LogP contribution in [0.15, 0.2) is 35.6 Å². The number of ether oxygens (including phenoxy) is 1. The van der Waals surface area contributed by atoms with Crippen LogP contribution in [0.5, 0.6) is 5.75 Å². The van der Waals surface area contributed by atoms with E-state index in [1.54, 1.807) is 9.47 Å². The van der Waals surface area contributed by atoms with Crippen molar-refractivity contribution in [1.82, 2.24) is 19.4 Å². The summed E-state index contributed by atoms with van der Waals surface area (Å²) < 4.78 is 22.9. The largest absolute Gasteiger partial charge is 0.508 e. The van der Waals surface area contributed by atoms with Gasteiger partial charge < -0.3 is 24.5 Å². The Hall–Kier alpha value is -3.66. The van der Waals surface area contributed by atoms with Crippen LogP contribution in [0.25, 0.3) is 11.8 Å². The van der Waals surface area contributed by atoms with Crippen molar-refractivity contribution in [3.05, 3.63) is 63.3 Å². The van der Waals surface area contributed by atoms with E-state index in [1.807, 2.05) is 43.8 Å². The van der Waals surface area contributed by atoms with Gasteiger partial charge in [-0.2, -0.15) is 4.98 Å². The highest BCUT2D eigenvalue weighted by Crippen LogP contribution is 2.38. The van der Waals surface area contributed by atoms with Crippen molar-refractivity contribution in [3.8, 4) is 5.75 Å². The number of amides is 1. The molecule has 2 aliphatic heterocycles. The number of benzene rings is 1. The van der Waals surface area contributed by atoms with Crippen LogP contribution >= 0.6 is 0 Å². The fourth-order valence-electron chi connectivity index (χ4n) is 5.76. The number of anilines is 1. The lowest BCUT2D eigenvalue weighted by Gasteiger charge is -2.44. The van der Waals surface area contributed by atoms with Crippen LogP contribution in [0.1, 0.15) is 31.4 Å². The summed E-state index contributed by atoms with van der Waals surface area (Å²) in [7, 11) is 3.84. The highest BCUT2D eigenvalue weighted by molar-refractivity contribution is 5.87. The molecule has 3 heterocycles. The minimum Gasteiger partial charge on any atom is -0.508 e. The maximum Gasteiger partial charge on any atom is 0.350 e. The third-order valence-corrected chi connectivity index (χ3v) is 7.42. The van der Waals surface area contributed by atoms with Crippen molar-refractivity contribution in [2.24, 2.45) is 0 Å². The molecular weight excluding hydrogens is 477 g/mol. The summed E-state index contributed by atoms with van der Waals surface area (Å²) in [6, 6.07) is 3.65. The fraction of sp³-hybridized carbons (Fsp3) is 0.444. The van der Waals surface area contributed by atoms with Gasteiger partial charge in [0.1, 0.15) is 29.8 Å². The van der Waals surface area contributed by atoms with Gasteiger partial charge in [-0.25, -0.2) is 9.18 Å². The van der Waals surface area contributed by atoms with E-state index in [9.17, 15) is 14.7 Å². The zero-order valence-corrected chi connectivity index (χ0v) is 21.5. The molecule has 4 atom stereocenters. The number of nitrogens with zero attached hydrogens (tertiary/aromatic N) is 5. The molecule has 1 unspecified atom stereocenters. The number of phenolic OH excluding ortho intramolecular Hbond substituents is 1. The number of hydrogen-bond donors (Lipinski definition) is 1. The Morgan fingerprint density at radius 2 is 2.05 bits per heavy atom. The highest BCUT2D eigenvalue weighted by atomic mass is 19.1. The first-order valence-electron chi connectivity index (χ1n) is 12.5. The maximum atomic E-state index is 15.0. The molecule has 196 valence electrons. The van der Waals surface area contributed by atoms with Crippen molar-refractivity contribution in [1.29, 1.82) is 0 Å². The molecule has 37 heavy (non-hydrogen) atoms. The van der Waals surface area contributed by atoms with Gasteiger partial charge in [0.2, 0.25) is 5.91 Å². The van der Waals surface area contributed by atoms with Crippen molar-refractivity contribution < 1.29 is 19.0 Å². The first kappa shape index (κ1) is 25.0. The lowest BCUT2D eigenvalue weighted by molar-refractivity contribution is -0.128. The first-order valence-corrected chi connectivity index (χ1v) is 12.5. The second-order valence-corrected chi connectivity index (χ2v) is 10.3. The molecule has 1 saturated heterocycles. The zero-order chi connectivity index (χ0) is 26.6. The van der Waals surface area contributed by atoms with Gasteiger partial charge in [0.15, 0.2) is 0 Å². The number of carbonyl (C=O) groups excluding carboxylic acids is 1. The summed E-state index contributed by atoms with van der Waals surface area (Å²) in [5.74, 6) is -0.663.